The molecule has 0 bridgehead atoms. The topological polar surface area (TPSA) is 66.2 Å². The molecule has 0 aromatic heterocycles. The Bertz CT molecular complexity index is 303. The first-order valence-electron chi connectivity index (χ1n) is 2.87. The minimum atomic E-state index is -1.29. The Kier molecular flexibility index (Phi) is 5.39. The zero-order valence-corrected chi connectivity index (χ0v) is 10.4. The second kappa shape index (κ2) is 5.21. The van der Waals surface area contributed by atoms with Crippen LogP contribution in [0.25, 0.3) is 0 Å². The Morgan fingerprint density at radius 3 is 2.50 bits per heavy atom. The molecular formula is C7H5ClKNO2. The Morgan fingerprint density at radius 2 is 2.08 bits per heavy atom. The third kappa shape index (κ3) is 3.04. The van der Waals surface area contributed by atoms with Crippen molar-refractivity contribution in [3.05, 3.63) is 28.8 Å². The number of rotatable bonds is 1. The monoisotopic (exact) mass is 209 g/mol. The maximum atomic E-state index is 10.3. The molecule has 12 heavy (non-hydrogen) atoms. The molecular weight excluding hydrogens is 205 g/mol. The standard InChI is InChI=1S/C7H6ClNO2.K/c8-4-1-2-5(7(10)11)6(9)3-4;/h1-3H,9H2,(H,10,11);/q;+1/p-1. The average molecular weight is 210 g/mol. The third-order valence-electron chi connectivity index (χ3n) is 1.23. The quantitative estimate of drug-likeness (QED) is 0.404. The van der Waals surface area contributed by atoms with E-state index in [1.165, 1.54) is 18.2 Å². The molecule has 1 aromatic rings. The van der Waals surface area contributed by atoms with Crippen molar-refractivity contribution in [2.45, 2.75) is 0 Å². The molecule has 0 amide bonds. The minimum Gasteiger partial charge on any atom is -0.545 e. The van der Waals surface area contributed by atoms with E-state index in [1.807, 2.05) is 0 Å². The summed E-state index contributed by atoms with van der Waals surface area (Å²) in [5.74, 6) is -1.29. The molecule has 2 N–H and O–H groups in total. The largest absolute Gasteiger partial charge is 1.00 e. The van der Waals surface area contributed by atoms with Crippen molar-refractivity contribution in [2.75, 3.05) is 5.73 Å². The molecule has 5 heteroatoms. The summed E-state index contributed by atoms with van der Waals surface area (Å²) in [5.41, 5.74) is 5.41. The Labute approximate surface area is 117 Å². The fraction of sp³-hybridized carbons (Fsp3) is 0. The first-order valence-corrected chi connectivity index (χ1v) is 3.25. The van der Waals surface area contributed by atoms with Gasteiger partial charge in [-0.3, -0.25) is 0 Å². The van der Waals surface area contributed by atoms with Crippen molar-refractivity contribution < 1.29 is 61.3 Å². The molecule has 1 rings (SSSR count). The molecule has 0 unspecified atom stereocenters. The fourth-order valence-corrected chi connectivity index (χ4v) is 0.900. The van der Waals surface area contributed by atoms with Gasteiger partial charge in [0.15, 0.2) is 0 Å². The predicted molar refractivity (Wildman–Crippen MR) is 40.2 cm³/mol. The van der Waals surface area contributed by atoms with Gasteiger partial charge in [-0.25, -0.2) is 0 Å². The number of carboxylic acid groups (broad SMARTS) is 1. The van der Waals surface area contributed by atoms with Crippen LogP contribution < -0.4 is 62.2 Å². The van der Waals surface area contributed by atoms with E-state index < -0.39 is 5.97 Å². The van der Waals surface area contributed by atoms with Crippen molar-refractivity contribution in [3.63, 3.8) is 0 Å². The van der Waals surface area contributed by atoms with Crippen molar-refractivity contribution in [1.82, 2.24) is 0 Å². The normalized spacial score (nSPS) is 8.75. The number of carbonyl (C=O) groups excluding carboxylic acids is 1. The summed E-state index contributed by atoms with van der Waals surface area (Å²) in [5, 5.41) is 10.7. The number of nitrogen functional groups attached to an aromatic ring is 1. The van der Waals surface area contributed by atoms with E-state index in [0.717, 1.165) is 0 Å². The van der Waals surface area contributed by atoms with Crippen LogP contribution in [0.2, 0.25) is 5.02 Å². The second-order valence-electron chi connectivity index (χ2n) is 2.02. The summed E-state index contributed by atoms with van der Waals surface area (Å²) >= 11 is 5.53. The van der Waals surface area contributed by atoms with Crippen LogP contribution in [-0.2, 0) is 0 Å². The second-order valence-corrected chi connectivity index (χ2v) is 2.46. The van der Waals surface area contributed by atoms with Crippen molar-refractivity contribution in [2.24, 2.45) is 0 Å². The minimum absolute atomic E-state index is 0. The molecule has 0 spiro atoms. The van der Waals surface area contributed by atoms with Crippen LogP contribution >= 0.6 is 11.6 Å². The molecule has 0 aliphatic heterocycles. The van der Waals surface area contributed by atoms with Crippen LogP contribution in [0, 0.1) is 0 Å². The van der Waals surface area contributed by atoms with E-state index in [9.17, 15) is 9.90 Å². The Morgan fingerprint density at radius 1 is 1.50 bits per heavy atom. The maximum absolute atomic E-state index is 10.3. The van der Waals surface area contributed by atoms with E-state index in [1.54, 1.807) is 0 Å². The molecule has 1 aromatic carbocycles. The van der Waals surface area contributed by atoms with Gasteiger partial charge < -0.3 is 15.6 Å². The number of anilines is 1. The number of aromatic carboxylic acids is 1. The van der Waals surface area contributed by atoms with Gasteiger partial charge in [0.1, 0.15) is 0 Å². The summed E-state index contributed by atoms with van der Waals surface area (Å²) in [6.45, 7) is 0. The number of nitrogens with two attached hydrogens (primary N) is 1. The average Bonchev–Trinajstić information content (AvgIpc) is 1.85. The van der Waals surface area contributed by atoms with Gasteiger partial charge in [-0.15, -0.1) is 0 Å². The van der Waals surface area contributed by atoms with Gasteiger partial charge in [-0.1, -0.05) is 11.6 Å². The van der Waals surface area contributed by atoms with Crippen LogP contribution in [0.3, 0.4) is 0 Å². The number of halogens is 1. The molecule has 3 nitrogen and oxygen atoms in total. The number of hydrogen-bond acceptors (Lipinski definition) is 3. The number of hydrogen-bond donors (Lipinski definition) is 1. The van der Waals surface area contributed by atoms with Crippen LogP contribution in [0.15, 0.2) is 18.2 Å². The van der Waals surface area contributed by atoms with Crippen molar-refractivity contribution >= 4 is 23.3 Å². The SMILES string of the molecule is Nc1cc(Cl)ccc1C(=O)[O-].[K+]. The number of benzene rings is 1. The van der Waals surface area contributed by atoms with Gasteiger partial charge >= 0.3 is 51.4 Å². The number of carbonyl (C=O) groups is 1. The summed E-state index contributed by atoms with van der Waals surface area (Å²) in [6.07, 6.45) is 0. The number of carboxylic acids is 1. The third-order valence-corrected chi connectivity index (χ3v) is 1.47. The molecule has 0 saturated carbocycles. The van der Waals surface area contributed by atoms with E-state index in [-0.39, 0.29) is 62.6 Å². The zero-order valence-electron chi connectivity index (χ0n) is 6.50. The van der Waals surface area contributed by atoms with E-state index in [2.05, 4.69) is 0 Å². The Balaban J connectivity index is 0.00000121. The molecule has 58 valence electrons. The van der Waals surface area contributed by atoms with E-state index in [0.29, 0.717) is 5.02 Å². The summed E-state index contributed by atoms with van der Waals surface area (Å²) in [7, 11) is 0. The summed E-state index contributed by atoms with van der Waals surface area (Å²) in [6, 6.07) is 4.13. The van der Waals surface area contributed by atoms with Gasteiger partial charge in [0.2, 0.25) is 0 Å². The molecule has 0 radical (unpaired) electrons. The van der Waals surface area contributed by atoms with Crippen molar-refractivity contribution in [3.8, 4) is 0 Å². The molecule has 0 saturated heterocycles. The molecule has 0 aliphatic rings. The van der Waals surface area contributed by atoms with E-state index in [4.69, 9.17) is 17.3 Å². The van der Waals surface area contributed by atoms with Gasteiger partial charge in [0.05, 0.1) is 5.97 Å². The fourth-order valence-electron chi connectivity index (χ4n) is 0.719. The Hall–Kier alpha value is 0.416. The molecule has 0 atom stereocenters. The van der Waals surface area contributed by atoms with Gasteiger partial charge in [-0.05, 0) is 18.2 Å². The van der Waals surface area contributed by atoms with Crippen molar-refractivity contribution in [1.29, 1.82) is 0 Å². The van der Waals surface area contributed by atoms with Crippen LogP contribution in [0.5, 0.6) is 0 Å². The predicted octanol–water partition coefficient (Wildman–Crippen LogP) is -2.71. The molecule has 0 fully saturated rings. The summed E-state index contributed by atoms with van der Waals surface area (Å²) < 4.78 is 0. The van der Waals surface area contributed by atoms with Gasteiger partial charge in [-0.2, -0.15) is 0 Å². The van der Waals surface area contributed by atoms with Crippen LogP contribution in [0.1, 0.15) is 10.4 Å². The summed E-state index contributed by atoms with van der Waals surface area (Å²) in [4.78, 5) is 10.3. The molecule has 0 aliphatic carbocycles. The van der Waals surface area contributed by atoms with Gasteiger partial charge in [0, 0.05) is 16.3 Å². The first kappa shape index (κ1) is 12.4. The smallest absolute Gasteiger partial charge is 0.545 e. The van der Waals surface area contributed by atoms with Crippen LogP contribution in [0.4, 0.5) is 5.69 Å². The molecule has 0 heterocycles. The van der Waals surface area contributed by atoms with E-state index >= 15 is 0 Å². The zero-order chi connectivity index (χ0) is 8.43. The first-order chi connectivity index (χ1) is 5.11. The van der Waals surface area contributed by atoms with Gasteiger partial charge in [0.25, 0.3) is 0 Å². The maximum Gasteiger partial charge on any atom is 1.00 e. The van der Waals surface area contributed by atoms with Crippen LogP contribution in [-0.4, -0.2) is 5.97 Å².